The lowest BCUT2D eigenvalue weighted by Gasteiger charge is -2.06. The maximum Gasteiger partial charge on any atom is 0.275 e. The van der Waals surface area contributed by atoms with Gasteiger partial charge in [0.1, 0.15) is 11.5 Å². The van der Waals surface area contributed by atoms with Crippen LogP contribution in [0, 0.1) is 0 Å². The summed E-state index contributed by atoms with van der Waals surface area (Å²) in [4.78, 5) is 21.2. The number of hydrogen-bond acceptors (Lipinski definition) is 5. The maximum absolute atomic E-state index is 12.0. The van der Waals surface area contributed by atoms with Crippen LogP contribution >= 0.6 is 11.8 Å². The van der Waals surface area contributed by atoms with E-state index in [2.05, 4.69) is 20.6 Å². The molecule has 6 heteroatoms. The van der Waals surface area contributed by atoms with Gasteiger partial charge in [0.15, 0.2) is 0 Å². The summed E-state index contributed by atoms with van der Waals surface area (Å²) in [5.74, 6) is 0.286. The van der Waals surface area contributed by atoms with Crippen LogP contribution in [0.3, 0.4) is 0 Å². The van der Waals surface area contributed by atoms with E-state index in [0.717, 1.165) is 10.6 Å². The number of anilines is 2. The molecule has 1 aromatic carbocycles. The van der Waals surface area contributed by atoms with Crippen LogP contribution in [0.2, 0.25) is 0 Å². The van der Waals surface area contributed by atoms with Gasteiger partial charge in [-0.3, -0.25) is 9.78 Å². The number of rotatable bonds is 4. The lowest BCUT2D eigenvalue weighted by molar-refractivity contribution is 0.102. The third kappa shape index (κ3) is 3.45. The quantitative estimate of drug-likeness (QED) is 0.838. The molecule has 0 bridgehead atoms. The highest BCUT2D eigenvalue weighted by atomic mass is 32.2. The molecule has 0 fully saturated rings. The molecule has 0 radical (unpaired) electrons. The van der Waals surface area contributed by atoms with E-state index in [1.54, 1.807) is 25.0 Å². The van der Waals surface area contributed by atoms with Crippen molar-refractivity contribution in [1.29, 1.82) is 0 Å². The standard InChI is InChI=1S/C13H14N4OS/c1-14-12-8-15-7-11(17-12)13(18)16-9-4-3-5-10(6-9)19-2/h3-8H,1-2H3,(H,14,17)(H,16,18). The highest BCUT2D eigenvalue weighted by Crippen LogP contribution is 2.19. The second-order valence-corrected chi connectivity index (χ2v) is 4.61. The number of aromatic nitrogens is 2. The molecule has 0 aliphatic carbocycles. The van der Waals surface area contributed by atoms with E-state index in [0.29, 0.717) is 5.82 Å². The largest absolute Gasteiger partial charge is 0.372 e. The first-order valence-corrected chi connectivity index (χ1v) is 6.90. The number of benzene rings is 1. The van der Waals surface area contributed by atoms with Gasteiger partial charge in [0.25, 0.3) is 5.91 Å². The molecule has 0 spiro atoms. The molecule has 5 nitrogen and oxygen atoms in total. The topological polar surface area (TPSA) is 66.9 Å². The molecule has 0 aliphatic heterocycles. The smallest absolute Gasteiger partial charge is 0.275 e. The summed E-state index contributed by atoms with van der Waals surface area (Å²) in [6.07, 6.45) is 4.99. The minimum absolute atomic E-state index is 0.275. The Morgan fingerprint density at radius 2 is 2.16 bits per heavy atom. The molecule has 1 heterocycles. The van der Waals surface area contributed by atoms with Gasteiger partial charge in [-0.2, -0.15) is 0 Å². The van der Waals surface area contributed by atoms with Gasteiger partial charge >= 0.3 is 0 Å². The number of nitrogens with zero attached hydrogens (tertiary/aromatic N) is 2. The molecule has 0 saturated heterocycles. The Morgan fingerprint density at radius 3 is 2.89 bits per heavy atom. The Hall–Kier alpha value is -2.08. The normalized spacial score (nSPS) is 10.0. The zero-order valence-electron chi connectivity index (χ0n) is 10.7. The van der Waals surface area contributed by atoms with Gasteiger partial charge < -0.3 is 10.6 Å². The van der Waals surface area contributed by atoms with Crippen LogP contribution in [0.25, 0.3) is 0 Å². The summed E-state index contributed by atoms with van der Waals surface area (Å²) in [5.41, 5.74) is 1.02. The Balaban J connectivity index is 2.15. The zero-order chi connectivity index (χ0) is 13.7. The molecule has 1 amide bonds. The van der Waals surface area contributed by atoms with E-state index < -0.39 is 0 Å². The van der Waals surface area contributed by atoms with Crippen LogP contribution in [0.15, 0.2) is 41.6 Å². The molecule has 1 aromatic heterocycles. The van der Waals surface area contributed by atoms with Crippen LogP contribution in [-0.4, -0.2) is 29.2 Å². The fourth-order valence-corrected chi connectivity index (χ4v) is 1.95. The third-order valence-corrected chi connectivity index (χ3v) is 3.18. The Kier molecular flexibility index (Phi) is 4.35. The molecular formula is C13H14N4OS. The van der Waals surface area contributed by atoms with Crippen molar-refractivity contribution in [1.82, 2.24) is 9.97 Å². The number of hydrogen-bond donors (Lipinski definition) is 2. The Morgan fingerprint density at radius 1 is 1.32 bits per heavy atom. The van der Waals surface area contributed by atoms with Crippen molar-refractivity contribution in [3.05, 3.63) is 42.4 Å². The molecule has 0 atom stereocenters. The first-order chi connectivity index (χ1) is 9.22. The Labute approximate surface area is 115 Å². The van der Waals surface area contributed by atoms with Gasteiger partial charge in [-0.05, 0) is 24.5 Å². The van der Waals surface area contributed by atoms with Gasteiger partial charge in [-0.1, -0.05) is 6.07 Å². The first-order valence-electron chi connectivity index (χ1n) is 5.68. The zero-order valence-corrected chi connectivity index (χ0v) is 11.5. The predicted octanol–water partition coefficient (Wildman–Crippen LogP) is 2.49. The second-order valence-electron chi connectivity index (χ2n) is 3.73. The molecule has 0 unspecified atom stereocenters. The van der Waals surface area contributed by atoms with E-state index in [-0.39, 0.29) is 11.6 Å². The summed E-state index contributed by atoms with van der Waals surface area (Å²) in [5, 5.41) is 5.65. The predicted molar refractivity (Wildman–Crippen MR) is 77.8 cm³/mol. The Bertz CT molecular complexity index is 588. The van der Waals surface area contributed by atoms with Crippen molar-refractivity contribution in [3.63, 3.8) is 0 Å². The lowest BCUT2D eigenvalue weighted by atomic mass is 10.3. The average molecular weight is 274 g/mol. The van der Waals surface area contributed by atoms with Crippen molar-refractivity contribution in [2.75, 3.05) is 23.9 Å². The summed E-state index contributed by atoms with van der Waals surface area (Å²) in [7, 11) is 1.73. The summed E-state index contributed by atoms with van der Waals surface area (Å²) in [6.45, 7) is 0. The summed E-state index contributed by atoms with van der Waals surface area (Å²) >= 11 is 1.62. The van der Waals surface area contributed by atoms with E-state index in [1.807, 2.05) is 30.5 Å². The summed E-state index contributed by atoms with van der Waals surface area (Å²) in [6, 6.07) is 7.64. The number of nitrogens with one attached hydrogen (secondary N) is 2. The monoisotopic (exact) mass is 274 g/mol. The van der Waals surface area contributed by atoms with Crippen molar-refractivity contribution in [3.8, 4) is 0 Å². The van der Waals surface area contributed by atoms with Crippen molar-refractivity contribution in [2.24, 2.45) is 0 Å². The van der Waals surface area contributed by atoms with E-state index >= 15 is 0 Å². The molecule has 2 rings (SSSR count). The average Bonchev–Trinajstić information content (AvgIpc) is 2.47. The van der Waals surface area contributed by atoms with E-state index in [4.69, 9.17) is 0 Å². The highest BCUT2D eigenvalue weighted by molar-refractivity contribution is 7.98. The fraction of sp³-hybridized carbons (Fsp3) is 0.154. The number of carbonyl (C=O) groups is 1. The third-order valence-electron chi connectivity index (χ3n) is 2.45. The van der Waals surface area contributed by atoms with Crippen molar-refractivity contribution >= 4 is 29.2 Å². The molecule has 2 N–H and O–H groups in total. The molecule has 0 aliphatic rings. The van der Waals surface area contributed by atoms with Gasteiger partial charge in [0, 0.05) is 17.6 Å². The van der Waals surface area contributed by atoms with Gasteiger partial charge in [-0.15, -0.1) is 11.8 Å². The summed E-state index contributed by atoms with van der Waals surface area (Å²) < 4.78 is 0. The van der Waals surface area contributed by atoms with Gasteiger partial charge in [0.2, 0.25) is 0 Å². The van der Waals surface area contributed by atoms with Crippen molar-refractivity contribution in [2.45, 2.75) is 4.90 Å². The molecule has 19 heavy (non-hydrogen) atoms. The maximum atomic E-state index is 12.0. The fourth-order valence-electron chi connectivity index (χ4n) is 1.49. The molecule has 2 aromatic rings. The van der Waals surface area contributed by atoms with Crippen molar-refractivity contribution < 1.29 is 4.79 Å². The molecular weight excluding hydrogens is 260 g/mol. The van der Waals surface area contributed by atoms with Crippen LogP contribution in [0.5, 0.6) is 0 Å². The highest BCUT2D eigenvalue weighted by Gasteiger charge is 2.09. The lowest BCUT2D eigenvalue weighted by Crippen LogP contribution is -2.14. The minimum atomic E-state index is -0.275. The number of carbonyl (C=O) groups excluding carboxylic acids is 1. The number of amides is 1. The van der Waals surface area contributed by atoms with Crippen LogP contribution < -0.4 is 10.6 Å². The molecule has 98 valence electrons. The first kappa shape index (κ1) is 13.4. The van der Waals surface area contributed by atoms with E-state index in [9.17, 15) is 4.79 Å². The van der Waals surface area contributed by atoms with Crippen LogP contribution in [0.1, 0.15) is 10.5 Å². The van der Waals surface area contributed by atoms with Gasteiger partial charge in [0.05, 0.1) is 12.4 Å². The van der Waals surface area contributed by atoms with Gasteiger partial charge in [-0.25, -0.2) is 4.98 Å². The second kappa shape index (κ2) is 6.19. The van der Waals surface area contributed by atoms with E-state index in [1.165, 1.54) is 6.20 Å². The van der Waals surface area contributed by atoms with Crippen LogP contribution in [0.4, 0.5) is 11.5 Å². The van der Waals surface area contributed by atoms with Crippen LogP contribution in [-0.2, 0) is 0 Å². The minimum Gasteiger partial charge on any atom is -0.372 e. The number of thioether (sulfide) groups is 1. The SMILES string of the molecule is CNc1cncc(C(=O)Nc2cccc(SC)c2)n1. The molecule has 0 saturated carbocycles.